The lowest BCUT2D eigenvalue weighted by Gasteiger charge is -2.35. The molecule has 180 valence electrons. The third-order valence-corrected chi connectivity index (χ3v) is 7.81. The molecule has 35 heavy (non-hydrogen) atoms. The van der Waals surface area contributed by atoms with Gasteiger partial charge < -0.3 is 24.3 Å². The van der Waals surface area contributed by atoms with Gasteiger partial charge >= 0.3 is 0 Å². The summed E-state index contributed by atoms with van der Waals surface area (Å²) < 4.78 is 12.3. The fourth-order valence-electron chi connectivity index (χ4n) is 4.50. The second-order valence-corrected chi connectivity index (χ2v) is 9.87. The van der Waals surface area contributed by atoms with Gasteiger partial charge in [-0.2, -0.15) is 4.98 Å². The molecular weight excluding hydrogens is 462 g/mol. The van der Waals surface area contributed by atoms with Gasteiger partial charge in [0.25, 0.3) is 0 Å². The molecule has 1 aliphatic heterocycles. The van der Waals surface area contributed by atoms with Crippen LogP contribution in [0.4, 0.5) is 23.3 Å². The van der Waals surface area contributed by atoms with Gasteiger partial charge in [0.2, 0.25) is 11.4 Å². The largest absolute Gasteiger partial charge is 0.439 e. The lowest BCUT2D eigenvalue weighted by molar-refractivity contribution is 0.121. The van der Waals surface area contributed by atoms with Gasteiger partial charge in [0.15, 0.2) is 11.5 Å². The van der Waals surface area contributed by atoms with Crippen molar-refractivity contribution in [3.8, 4) is 11.1 Å². The van der Waals surface area contributed by atoms with Crippen molar-refractivity contribution in [1.29, 1.82) is 0 Å². The molecule has 6 rings (SSSR count). The molecule has 0 spiro atoms. The molecule has 3 aromatic heterocycles. The number of thiophene rings is 1. The Morgan fingerprint density at radius 1 is 1.14 bits per heavy atom. The first-order valence-corrected chi connectivity index (χ1v) is 12.8. The highest BCUT2D eigenvalue weighted by Gasteiger charge is 2.23. The summed E-state index contributed by atoms with van der Waals surface area (Å²) >= 11 is 1.42. The molecule has 0 atom stereocenters. The fraction of sp³-hybridized carbons (Fsp3) is 0.346. The number of benzene rings is 1. The smallest absolute Gasteiger partial charge is 0.229 e. The molecule has 1 saturated carbocycles. The molecule has 1 aliphatic carbocycles. The van der Waals surface area contributed by atoms with Gasteiger partial charge in [-0.1, -0.05) is 12.1 Å². The summed E-state index contributed by atoms with van der Waals surface area (Å²) in [6, 6.07) is 12.2. The number of morpholine rings is 1. The normalized spacial score (nSPS) is 16.3. The topological polar surface area (TPSA) is 83.7 Å². The van der Waals surface area contributed by atoms with Crippen LogP contribution in [0, 0.1) is 0 Å². The van der Waals surface area contributed by atoms with Crippen LogP contribution in [0.15, 0.2) is 57.2 Å². The number of hydrogen-bond acceptors (Lipinski definition) is 9. The van der Waals surface area contributed by atoms with Crippen LogP contribution >= 0.6 is 11.3 Å². The summed E-state index contributed by atoms with van der Waals surface area (Å²) in [6.45, 7) is 2.70. The standard InChI is InChI=1S/C26H27N5O3S/c1-30(19-3-2-4-19)22-9-10-27-26(29-22)28-18-7-5-17(6-8-18)20-16-35-25-21(32)15-23(34-24(20)25)31-11-13-33-14-12-31/h5-10,15-16,19H,2-4,11-14H2,1H3,(H,27,28,29). The van der Waals surface area contributed by atoms with Crippen molar-refractivity contribution >= 4 is 45.0 Å². The van der Waals surface area contributed by atoms with E-state index in [0.717, 1.165) is 22.6 Å². The van der Waals surface area contributed by atoms with E-state index in [2.05, 4.69) is 27.1 Å². The highest BCUT2D eigenvalue weighted by atomic mass is 32.1. The summed E-state index contributed by atoms with van der Waals surface area (Å²) in [6.07, 6.45) is 5.51. The van der Waals surface area contributed by atoms with Crippen LogP contribution in [0.5, 0.6) is 0 Å². The number of hydrogen-bond donors (Lipinski definition) is 1. The molecule has 1 saturated heterocycles. The number of fused-ring (bicyclic) bond motifs is 1. The van der Waals surface area contributed by atoms with Crippen LogP contribution in [0.2, 0.25) is 0 Å². The Bertz CT molecular complexity index is 1390. The van der Waals surface area contributed by atoms with E-state index in [1.807, 2.05) is 35.7 Å². The number of anilines is 4. The molecule has 1 N–H and O–H groups in total. The van der Waals surface area contributed by atoms with Crippen molar-refractivity contribution in [3.05, 3.63) is 58.2 Å². The number of rotatable bonds is 6. The van der Waals surface area contributed by atoms with Gasteiger partial charge in [0.05, 0.1) is 13.2 Å². The Morgan fingerprint density at radius 2 is 1.94 bits per heavy atom. The minimum atomic E-state index is -0.00817. The maximum Gasteiger partial charge on any atom is 0.229 e. The molecule has 0 amide bonds. The lowest BCUT2D eigenvalue weighted by Crippen LogP contribution is -2.37. The van der Waals surface area contributed by atoms with E-state index < -0.39 is 0 Å². The second-order valence-electron chi connectivity index (χ2n) is 8.99. The number of aromatic nitrogens is 2. The predicted octanol–water partition coefficient (Wildman–Crippen LogP) is 4.88. The van der Waals surface area contributed by atoms with Gasteiger partial charge in [-0.3, -0.25) is 4.79 Å². The van der Waals surface area contributed by atoms with Gasteiger partial charge in [-0.25, -0.2) is 4.98 Å². The molecule has 4 aromatic rings. The summed E-state index contributed by atoms with van der Waals surface area (Å²) in [5.74, 6) is 2.11. The SMILES string of the molecule is CN(c1ccnc(Nc2ccc(-c3csc4c(=O)cc(N5CCOCC5)oc34)cc2)n1)C1CCC1. The Kier molecular flexibility index (Phi) is 5.87. The van der Waals surface area contributed by atoms with Crippen molar-refractivity contribution in [2.45, 2.75) is 25.3 Å². The molecule has 0 bridgehead atoms. The summed E-state index contributed by atoms with van der Waals surface area (Å²) in [5.41, 5.74) is 3.44. The Balaban J connectivity index is 1.24. The van der Waals surface area contributed by atoms with Gasteiger partial charge in [-0.05, 0) is 43.0 Å². The molecule has 1 aromatic carbocycles. The minimum Gasteiger partial charge on any atom is -0.439 e. The van der Waals surface area contributed by atoms with E-state index in [4.69, 9.17) is 14.1 Å². The Labute approximate surface area is 207 Å². The van der Waals surface area contributed by atoms with Crippen molar-refractivity contribution in [1.82, 2.24) is 9.97 Å². The van der Waals surface area contributed by atoms with E-state index in [1.165, 1.54) is 30.6 Å². The maximum absolute atomic E-state index is 12.7. The van der Waals surface area contributed by atoms with Crippen molar-refractivity contribution in [2.24, 2.45) is 0 Å². The van der Waals surface area contributed by atoms with E-state index in [1.54, 1.807) is 12.3 Å². The first kappa shape index (κ1) is 22.1. The Hall–Kier alpha value is -3.43. The first-order chi connectivity index (χ1) is 17.2. The van der Waals surface area contributed by atoms with Crippen LogP contribution in [0.3, 0.4) is 0 Å². The molecule has 0 radical (unpaired) electrons. The molecule has 4 heterocycles. The molecule has 8 nitrogen and oxygen atoms in total. The molecule has 0 unspecified atom stereocenters. The number of nitrogens with one attached hydrogen (secondary N) is 1. The molecule has 2 aliphatic rings. The number of nitrogens with zero attached hydrogens (tertiary/aromatic N) is 4. The maximum atomic E-state index is 12.7. The van der Waals surface area contributed by atoms with Crippen molar-refractivity contribution in [2.75, 3.05) is 48.5 Å². The molecule has 2 fully saturated rings. The van der Waals surface area contributed by atoms with Gasteiger partial charge in [0, 0.05) is 55.1 Å². The van der Waals surface area contributed by atoms with Crippen LogP contribution in [0.25, 0.3) is 21.4 Å². The van der Waals surface area contributed by atoms with Crippen LogP contribution in [-0.2, 0) is 4.74 Å². The average Bonchev–Trinajstić information content (AvgIpc) is 3.29. The van der Waals surface area contributed by atoms with Crippen LogP contribution < -0.4 is 20.5 Å². The van der Waals surface area contributed by atoms with Crippen LogP contribution in [0.1, 0.15) is 19.3 Å². The van der Waals surface area contributed by atoms with E-state index in [9.17, 15) is 4.79 Å². The third kappa shape index (κ3) is 4.37. The van der Waals surface area contributed by atoms with Crippen LogP contribution in [-0.4, -0.2) is 49.4 Å². The fourth-order valence-corrected chi connectivity index (χ4v) is 5.41. The zero-order valence-corrected chi connectivity index (χ0v) is 20.4. The zero-order valence-electron chi connectivity index (χ0n) is 19.6. The van der Waals surface area contributed by atoms with E-state index in [0.29, 0.717) is 54.5 Å². The summed E-state index contributed by atoms with van der Waals surface area (Å²) in [7, 11) is 2.10. The van der Waals surface area contributed by atoms with E-state index >= 15 is 0 Å². The highest BCUT2D eigenvalue weighted by molar-refractivity contribution is 7.17. The summed E-state index contributed by atoms with van der Waals surface area (Å²) in [4.78, 5) is 26.1. The highest BCUT2D eigenvalue weighted by Crippen LogP contribution is 2.35. The third-order valence-electron chi connectivity index (χ3n) is 6.83. The predicted molar refractivity (Wildman–Crippen MR) is 140 cm³/mol. The number of ether oxygens (including phenoxy) is 1. The second kappa shape index (κ2) is 9.31. The molecule has 9 heteroatoms. The van der Waals surface area contributed by atoms with Crippen molar-refractivity contribution in [3.63, 3.8) is 0 Å². The molecular formula is C26H27N5O3S. The van der Waals surface area contributed by atoms with E-state index in [-0.39, 0.29) is 5.43 Å². The Morgan fingerprint density at radius 3 is 2.69 bits per heavy atom. The average molecular weight is 490 g/mol. The zero-order chi connectivity index (χ0) is 23.8. The quantitative estimate of drug-likeness (QED) is 0.410. The first-order valence-electron chi connectivity index (χ1n) is 12.0. The lowest BCUT2D eigenvalue weighted by atomic mass is 9.92. The monoisotopic (exact) mass is 489 g/mol. The van der Waals surface area contributed by atoms with Crippen molar-refractivity contribution < 1.29 is 9.15 Å². The summed E-state index contributed by atoms with van der Waals surface area (Å²) in [5, 5.41) is 5.30. The van der Waals surface area contributed by atoms with Gasteiger partial charge in [-0.15, -0.1) is 11.3 Å². The van der Waals surface area contributed by atoms with Gasteiger partial charge in [0.1, 0.15) is 10.5 Å². The minimum absolute atomic E-state index is 0.00817.